The van der Waals surface area contributed by atoms with Crippen molar-refractivity contribution in [2.45, 2.75) is 38.0 Å². The first-order valence-electron chi connectivity index (χ1n) is 8.99. The summed E-state index contributed by atoms with van der Waals surface area (Å²) in [6, 6.07) is 5.54. The lowest BCUT2D eigenvalue weighted by molar-refractivity contribution is -0.128. The lowest BCUT2D eigenvalue weighted by Gasteiger charge is -2.33. The number of carbonyl (C=O) groups excluding carboxylic acids is 2. The normalized spacial score (nSPS) is 23.4. The van der Waals surface area contributed by atoms with Crippen molar-refractivity contribution < 1.29 is 23.1 Å². The fourth-order valence-electron chi connectivity index (χ4n) is 3.30. The SMILES string of the molecule is O=C(CC1CSCCN1)NC1CCCN(c2ccc(OC(F)F)cc2)C1=O. The number of hydrogen-bond acceptors (Lipinski definition) is 5. The molecular formula is C18H23F2N3O3S. The van der Waals surface area contributed by atoms with Crippen molar-refractivity contribution in [2.24, 2.45) is 0 Å². The van der Waals surface area contributed by atoms with Gasteiger partial charge in [0.1, 0.15) is 11.8 Å². The van der Waals surface area contributed by atoms with Gasteiger partial charge in [0.2, 0.25) is 11.8 Å². The zero-order valence-electron chi connectivity index (χ0n) is 14.8. The summed E-state index contributed by atoms with van der Waals surface area (Å²) in [4.78, 5) is 26.6. The zero-order valence-corrected chi connectivity index (χ0v) is 15.6. The molecule has 2 amide bonds. The van der Waals surface area contributed by atoms with Crippen LogP contribution >= 0.6 is 11.8 Å². The summed E-state index contributed by atoms with van der Waals surface area (Å²) in [7, 11) is 0. The largest absolute Gasteiger partial charge is 0.435 e. The van der Waals surface area contributed by atoms with Gasteiger partial charge in [0, 0.05) is 42.7 Å². The van der Waals surface area contributed by atoms with Crippen molar-refractivity contribution in [2.75, 3.05) is 29.5 Å². The second-order valence-electron chi connectivity index (χ2n) is 6.55. The maximum absolute atomic E-state index is 12.8. The van der Waals surface area contributed by atoms with Crippen LogP contribution in [0.2, 0.25) is 0 Å². The van der Waals surface area contributed by atoms with Crippen LogP contribution in [0.5, 0.6) is 5.75 Å². The first kappa shape index (κ1) is 19.9. The van der Waals surface area contributed by atoms with Gasteiger partial charge in [0.25, 0.3) is 0 Å². The second kappa shape index (κ2) is 9.36. The van der Waals surface area contributed by atoms with E-state index in [1.807, 2.05) is 11.8 Å². The van der Waals surface area contributed by atoms with Crippen molar-refractivity contribution in [3.05, 3.63) is 24.3 Å². The topological polar surface area (TPSA) is 70.7 Å². The van der Waals surface area contributed by atoms with E-state index in [1.165, 1.54) is 12.1 Å². The number of carbonyl (C=O) groups is 2. The van der Waals surface area contributed by atoms with Crippen LogP contribution in [0.3, 0.4) is 0 Å². The van der Waals surface area contributed by atoms with Gasteiger partial charge in [-0.2, -0.15) is 20.5 Å². The van der Waals surface area contributed by atoms with E-state index in [0.717, 1.165) is 24.5 Å². The van der Waals surface area contributed by atoms with Crippen LogP contribution in [0.25, 0.3) is 0 Å². The molecule has 9 heteroatoms. The van der Waals surface area contributed by atoms with Gasteiger partial charge < -0.3 is 20.3 Å². The van der Waals surface area contributed by atoms with E-state index in [4.69, 9.17) is 0 Å². The maximum atomic E-state index is 12.8. The Kier molecular flexibility index (Phi) is 6.89. The average molecular weight is 399 g/mol. The molecule has 0 saturated carbocycles. The highest BCUT2D eigenvalue weighted by molar-refractivity contribution is 7.99. The molecule has 2 aliphatic heterocycles. The number of nitrogens with one attached hydrogen (secondary N) is 2. The number of amides is 2. The Morgan fingerprint density at radius 3 is 2.81 bits per heavy atom. The summed E-state index contributed by atoms with van der Waals surface area (Å²) in [6.07, 6.45) is 1.71. The van der Waals surface area contributed by atoms with Crippen molar-refractivity contribution >= 4 is 29.3 Å². The molecule has 0 radical (unpaired) electrons. The molecule has 0 bridgehead atoms. The van der Waals surface area contributed by atoms with Crippen molar-refractivity contribution in [3.63, 3.8) is 0 Å². The van der Waals surface area contributed by atoms with Gasteiger partial charge in [-0.15, -0.1) is 0 Å². The van der Waals surface area contributed by atoms with Gasteiger partial charge in [-0.25, -0.2) is 0 Å². The van der Waals surface area contributed by atoms with Gasteiger partial charge in [0.15, 0.2) is 0 Å². The van der Waals surface area contributed by atoms with E-state index in [0.29, 0.717) is 25.1 Å². The van der Waals surface area contributed by atoms with E-state index in [2.05, 4.69) is 15.4 Å². The molecule has 2 saturated heterocycles. The van der Waals surface area contributed by atoms with Crippen molar-refractivity contribution in [1.82, 2.24) is 10.6 Å². The number of anilines is 1. The van der Waals surface area contributed by atoms with Crippen LogP contribution in [0.4, 0.5) is 14.5 Å². The maximum Gasteiger partial charge on any atom is 0.387 e. The van der Waals surface area contributed by atoms with Crippen molar-refractivity contribution in [1.29, 1.82) is 0 Å². The Hall–Kier alpha value is -1.87. The molecule has 2 fully saturated rings. The number of rotatable bonds is 6. The molecule has 1 aromatic carbocycles. The van der Waals surface area contributed by atoms with E-state index in [1.54, 1.807) is 17.0 Å². The molecule has 2 unspecified atom stereocenters. The summed E-state index contributed by atoms with van der Waals surface area (Å²) in [5, 5.41) is 6.16. The number of hydrogen-bond donors (Lipinski definition) is 2. The first-order valence-corrected chi connectivity index (χ1v) is 10.1. The van der Waals surface area contributed by atoms with Gasteiger partial charge >= 0.3 is 6.61 Å². The molecular weight excluding hydrogens is 376 g/mol. The first-order chi connectivity index (χ1) is 13.0. The third kappa shape index (κ3) is 5.55. The predicted molar refractivity (Wildman–Crippen MR) is 100 cm³/mol. The molecule has 2 atom stereocenters. The number of nitrogens with zero attached hydrogens (tertiary/aromatic N) is 1. The minimum atomic E-state index is -2.89. The lowest BCUT2D eigenvalue weighted by Crippen LogP contribution is -2.53. The Balaban J connectivity index is 1.57. The van der Waals surface area contributed by atoms with Gasteiger partial charge in [0.05, 0.1) is 0 Å². The van der Waals surface area contributed by atoms with Crippen LogP contribution < -0.4 is 20.3 Å². The molecule has 0 spiro atoms. The molecule has 0 aliphatic carbocycles. The van der Waals surface area contributed by atoms with E-state index in [9.17, 15) is 18.4 Å². The summed E-state index contributed by atoms with van der Waals surface area (Å²) in [6.45, 7) is -1.46. The summed E-state index contributed by atoms with van der Waals surface area (Å²) >= 11 is 1.82. The fourth-order valence-corrected chi connectivity index (χ4v) is 4.25. The van der Waals surface area contributed by atoms with Crippen LogP contribution in [0.15, 0.2) is 24.3 Å². The van der Waals surface area contributed by atoms with Gasteiger partial charge in [-0.05, 0) is 37.1 Å². The molecule has 0 aromatic heterocycles. The number of thioether (sulfide) groups is 1. The zero-order chi connectivity index (χ0) is 19.2. The minimum absolute atomic E-state index is 0.0425. The Bertz CT molecular complexity index is 654. The quantitative estimate of drug-likeness (QED) is 0.766. The Labute approximate surface area is 161 Å². The highest BCUT2D eigenvalue weighted by Crippen LogP contribution is 2.24. The number of ether oxygens (including phenoxy) is 1. The van der Waals surface area contributed by atoms with Crippen LogP contribution in [-0.2, 0) is 9.59 Å². The third-order valence-corrected chi connectivity index (χ3v) is 5.71. The molecule has 2 N–H and O–H groups in total. The second-order valence-corrected chi connectivity index (χ2v) is 7.70. The van der Waals surface area contributed by atoms with E-state index in [-0.39, 0.29) is 23.6 Å². The lowest BCUT2D eigenvalue weighted by atomic mass is 10.0. The number of benzene rings is 1. The average Bonchev–Trinajstić information content (AvgIpc) is 2.65. The minimum Gasteiger partial charge on any atom is -0.435 e. The Morgan fingerprint density at radius 1 is 1.37 bits per heavy atom. The van der Waals surface area contributed by atoms with Crippen LogP contribution in [-0.4, -0.2) is 55.1 Å². The predicted octanol–water partition coefficient (Wildman–Crippen LogP) is 1.99. The molecule has 148 valence electrons. The molecule has 27 heavy (non-hydrogen) atoms. The number of alkyl halides is 2. The Morgan fingerprint density at radius 2 is 2.15 bits per heavy atom. The van der Waals surface area contributed by atoms with Crippen LogP contribution in [0, 0.1) is 0 Å². The molecule has 2 aliphatic rings. The van der Waals surface area contributed by atoms with Gasteiger partial charge in [-0.1, -0.05) is 0 Å². The molecule has 2 heterocycles. The highest BCUT2D eigenvalue weighted by atomic mass is 32.2. The van der Waals surface area contributed by atoms with Gasteiger partial charge in [-0.3, -0.25) is 9.59 Å². The number of halogens is 2. The standard InChI is InChI=1S/C18H23F2N3O3S/c19-18(20)26-14-5-3-13(4-6-14)23-8-1-2-15(17(23)25)22-16(24)10-12-11-27-9-7-21-12/h3-6,12,15,18,21H,1-2,7-11H2,(H,22,24). The highest BCUT2D eigenvalue weighted by Gasteiger charge is 2.31. The van der Waals surface area contributed by atoms with E-state index < -0.39 is 12.7 Å². The summed E-state index contributed by atoms with van der Waals surface area (Å²) < 4.78 is 28.8. The summed E-state index contributed by atoms with van der Waals surface area (Å²) in [5.74, 6) is 1.68. The van der Waals surface area contributed by atoms with Crippen molar-refractivity contribution in [3.8, 4) is 5.75 Å². The summed E-state index contributed by atoms with van der Waals surface area (Å²) in [5.41, 5.74) is 0.603. The van der Waals surface area contributed by atoms with E-state index >= 15 is 0 Å². The van der Waals surface area contributed by atoms with Crippen LogP contribution in [0.1, 0.15) is 19.3 Å². The molecule has 6 nitrogen and oxygen atoms in total. The molecule has 1 aromatic rings. The smallest absolute Gasteiger partial charge is 0.387 e. The third-order valence-electron chi connectivity index (χ3n) is 4.58. The number of piperidine rings is 1. The fraction of sp³-hybridized carbons (Fsp3) is 0.556. The monoisotopic (exact) mass is 399 g/mol. The molecule has 3 rings (SSSR count).